The predicted molar refractivity (Wildman–Crippen MR) is 77.8 cm³/mol. The minimum absolute atomic E-state index is 0.146. The van der Waals surface area contributed by atoms with Gasteiger partial charge in [-0.1, -0.05) is 6.92 Å². The van der Waals surface area contributed by atoms with Crippen molar-refractivity contribution in [3.63, 3.8) is 0 Å². The van der Waals surface area contributed by atoms with Crippen LogP contribution in [0, 0.1) is 5.92 Å². The first kappa shape index (κ1) is 15.4. The highest BCUT2D eigenvalue weighted by atomic mass is 32.2. The highest BCUT2D eigenvalue weighted by molar-refractivity contribution is 7.85. The van der Waals surface area contributed by atoms with E-state index < -0.39 is 10.8 Å². The van der Waals surface area contributed by atoms with Gasteiger partial charge in [-0.05, 0) is 32.7 Å². The molecule has 2 rings (SSSR count). The second kappa shape index (κ2) is 7.72. The van der Waals surface area contributed by atoms with Gasteiger partial charge >= 0.3 is 0 Å². The van der Waals surface area contributed by atoms with E-state index in [4.69, 9.17) is 9.47 Å². The predicted octanol–water partition coefficient (Wildman–Crippen LogP) is 1.32. The Balaban J connectivity index is 1.88. The number of ether oxygens (including phenoxy) is 2. The van der Waals surface area contributed by atoms with Crippen molar-refractivity contribution in [3.8, 4) is 0 Å². The van der Waals surface area contributed by atoms with Crippen LogP contribution < -0.4 is 5.32 Å². The monoisotopic (exact) mass is 289 g/mol. The number of hydrogen-bond acceptors (Lipinski definition) is 4. The Kier molecular flexibility index (Phi) is 6.26. The molecule has 2 fully saturated rings. The summed E-state index contributed by atoms with van der Waals surface area (Å²) in [4.78, 5) is 0. The number of hydrogen-bond donors (Lipinski definition) is 1. The zero-order chi connectivity index (χ0) is 13.7. The molecule has 0 aliphatic carbocycles. The SMILES string of the molecule is CCCNC(CS(=O)C1CCOC1C)C1CCOC1. The molecule has 2 saturated heterocycles. The average molecular weight is 289 g/mol. The van der Waals surface area contributed by atoms with Crippen molar-refractivity contribution in [2.75, 3.05) is 32.1 Å². The van der Waals surface area contributed by atoms with Crippen LogP contribution in [0.5, 0.6) is 0 Å². The first-order chi connectivity index (χ1) is 9.22. The molecule has 0 bridgehead atoms. The third-order valence-corrected chi connectivity index (χ3v) is 6.16. The lowest BCUT2D eigenvalue weighted by Crippen LogP contribution is -2.43. The Morgan fingerprint density at radius 2 is 2.21 bits per heavy atom. The summed E-state index contributed by atoms with van der Waals surface area (Å²) in [5.41, 5.74) is 0. The van der Waals surface area contributed by atoms with Crippen molar-refractivity contribution < 1.29 is 13.7 Å². The molecular formula is C14H27NO3S. The molecule has 2 aliphatic heterocycles. The summed E-state index contributed by atoms with van der Waals surface area (Å²) >= 11 is 0. The van der Waals surface area contributed by atoms with Crippen molar-refractivity contribution in [3.05, 3.63) is 0 Å². The van der Waals surface area contributed by atoms with Crippen molar-refractivity contribution in [1.82, 2.24) is 5.32 Å². The molecule has 0 saturated carbocycles. The maximum Gasteiger partial charge on any atom is 0.0691 e. The van der Waals surface area contributed by atoms with Crippen LogP contribution in [0.2, 0.25) is 0 Å². The van der Waals surface area contributed by atoms with Gasteiger partial charge in [-0.15, -0.1) is 0 Å². The van der Waals surface area contributed by atoms with E-state index in [1.807, 2.05) is 6.92 Å². The molecule has 112 valence electrons. The van der Waals surface area contributed by atoms with E-state index in [0.29, 0.717) is 12.0 Å². The van der Waals surface area contributed by atoms with Gasteiger partial charge in [-0.3, -0.25) is 4.21 Å². The van der Waals surface area contributed by atoms with Crippen molar-refractivity contribution in [2.45, 2.75) is 50.5 Å². The van der Waals surface area contributed by atoms with Crippen molar-refractivity contribution in [2.24, 2.45) is 5.92 Å². The van der Waals surface area contributed by atoms with Crippen LogP contribution in [0.4, 0.5) is 0 Å². The molecule has 5 heteroatoms. The number of nitrogens with one attached hydrogen (secondary N) is 1. The standard InChI is InChI=1S/C14H27NO3S/c1-3-6-15-13(12-4-7-17-9-12)10-19(16)14-5-8-18-11(14)2/h11-15H,3-10H2,1-2H3. The van der Waals surface area contributed by atoms with Gasteiger partial charge in [-0.2, -0.15) is 0 Å². The van der Waals surface area contributed by atoms with E-state index in [2.05, 4.69) is 12.2 Å². The van der Waals surface area contributed by atoms with Crippen LogP contribution in [0.3, 0.4) is 0 Å². The molecule has 0 amide bonds. The van der Waals surface area contributed by atoms with Crippen LogP contribution in [-0.4, -0.2) is 53.7 Å². The highest BCUT2D eigenvalue weighted by Gasteiger charge is 2.33. The normalized spacial score (nSPS) is 34.5. The molecule has 2 aliphatic rings. The maximum absolute atomic E-state index is 12.5. The molecule has 0 aromatic rings. The van der Waals surface area contributed by atoms with Gasteiger partial charge in [0, 0.05) is 41.7 Å². The fourth-order valence-corrected chi connectivity index (χ4v) is 4.78. The third-order valence-electron chi connectivity index (χ3n) is 4.18. The van der Waals surface area contributed by atoms with E-state index in [1.54, 1.807) is 0 Å². The first-order valence-electron chi connectivity index (χ1n) is 7.52. The Hall–Kier alpha value is 0.0300. The quantitative estimate of drug-likeness (QED) is 0.768. The lowest BCUT2D eigenvalue weighted by atomic mass is 10.0. The Bertz CT molecular complexity index is 294. The Morgan fingerprint density at radius 1 is 1.37 bits per heavy atom. The van der Waals surface area contributed by atoms with Crippen LogP contribution in [0.1, 0.15) is 33.1 Å². The van der Waals surface area contributed by atoms with Crippen LogP contribution in [0.25, 0.3) is 0 Å². The summed E-state index contributed by atoms with van der Waals surface area (Å²) in [5.74, 6) is 1.26. The average Bonchev–Trinajstić information content (AvgIpc) is 3.05. The van der Waals surface area contributed by atoms with Crippen LogP contribution >= 0.6 is 0 Å². The van der Waals surface area contributed by atoms with E-state index in [-0.39, 0.29) is 11.4 Å². The lowest BCUT2D eigenvalue weighted by Gasteiger charge is -2.25. The molecule has 0 aromatic heterocycles. The zero-order valence-corrected chi connectivity index (χ0v) is 12.9. The topological polar surface area (TPSA) is 47.6 Å². The molecule has 1 N–H and O–H groups in total. The molecule has 5 unspecified atom stereocenters. The fraction of sp³-hybridized carbons (Fsp3) is 1.00. The minimum Gasteiger partial charge on any atom is -0.381 e. The van der Waals surface area contributed by atoms with Crippen LogP contribution in [0.15, 0.2) is 0 Å². The van der Waals surface area contributed by atoms with Crippen LogP contribution in [-0.2, 0) is 20.3 Å². The van der Waals surface area contributed by atoms with E-state index in [1.165, 1.54) is 0 Å². The van der Waals surface area contributed by atoms with Gasteiger partial charge in [0.15, 0.2) is 0 Å². The van der Waals surface area contributed by atoms with Gasteiger partial charge in [0.1, 0.15) is 0 Å². The number of rotatable bonds is 7. The second-order valence-corrected chi connectivity index (χ2v) is 7.34. The van der Waals surface area contributed by atoms with E-state index in [9.17, 15) is 4.21 Å². The molecular weight excluding hydrogens is 262 g/mol. The summed E-state index contributed by atoms with van der Waals surface area (Å²) in [6, 6.07) is 0.330. The Morgan fingerprint density at radius 3 is 2.79 bits per heavy atom. The second-order valence-electron chi connectivity index (χ2n) is 5.63. The molecule has 2 heterocycles. The van der Waals surface area contributed by atoms with Gasteiger partial charge in [-0.25, -0.2) is 0 Å². The highest BCUT2D eigenvalue weighted by Crippen LogP contribution is 2.23. The Labute approximate surface area is 119 Å². The summed E-state index contributed by atoms with van der Waals surface area (Å²) in [5, 5.41) is 3.78. The van der Waals surface area contributed by atoms with E-state index in [0.717, 1.165) is 51.4 Å². The molecule has 0 spiro atoms. The molecule has 5 atom stereocenters. The summed E-state index contributed by atoms with van der Waals surface area (Å²) in [7, 11) is -0.798. The van der Waals surface area contributed by atoms with Gasteiger partial charge in [0.2, 0.25) is 0 Å². The minimum atomic E-state index is -0.798. The van der Waals surface area contributed by atoms with E-state index >= 15 is 0 Å². The lowest BCUT2D eigenvalue weighted by molar-refractivity contribution is 0.127. The smallest absolute Gasteiger partial charge is 0.0691 e. The maximum atomic E-state index is 12.5. The molecule has 0 aromatic carbocycles. The summed E-state index contributed by atoms with van der Waals surface area (Å²) < 4.78 is 23.6. The van der Waals surface area contributed by atoms with Gasteiger partial charge in [0.05, 0.1) is 18.0 Å². The van der Waals surface area contributed by atoms with Gasteiger partial charge in [0.25, 0.3) is 0 Å². The first-order valence-corrected chi connectivity index (χ1v) is 8.90. The molecule has 4 nitrogen and oxygen atoms in total. The zero-order valence-electron chi connectivity index (χ0n) is 12.1. The van der Waals surface area contributed by atoms with Gasteiger partial charge < -0.3 is 14.8 Å². The fourth-order valence-electron chi connectivity index (χ4n) is 2.92. The molecule has 19 heavy (non-hydrogen) atoms. The van der Waals surface area contributed by atoms with Crippen molar-refractivity contribution in [1.29, 1.82) is 0 Å². The van der Waals surface area contributed by atoms with Crippen molar-refractivity contribution >= 4 is 10.8 Å². The largest absolute Gasteiger partial charge is 0.381 e. The third kappa shape index (κ3) is 4.25. The molecule has 0 radical (unpaired) electrons. The summed E-state index contributed by atoms with van der Waals surface area (Å²) in [6.45, 7) is 7.63. The summed E-state index contributed by atoms with van der Waals surface area (Å²) in [6.07, 6.45) is 3.29.